The van der Waals surface area contributed by atoms with Crippen LogP contribution in [0.3, 0.4) is 0 Å². The molecule has 2 aromatic rings. The second-order valence-corrected chi connectivity index (χ2v) is 3.38. The molecule has 0 radical (unpaired) electrons. The Morgan fingerprint density at radius 3 is 3.00 bits per heavy atom. The van der Waals surface area contributed by atoms with E-state index in [1.54, 1.807) is 24.7 Å². The van der Waals surface area contributed by atoms with E-state index in [2.05, 4.69) is 9.72 Å². The normalized spacial score (nSPS) is 12.4. The lowest BCUT2D eigenvalue weighted by molar-refractivity contribution is 0.0562. The van der Waals surface area contributed by atoms with Gasteiger partial charge in [0.05, 0.1) is 19.5 Å². The average molecular weight is 220 g/mol. The molecule has 0 saturated carbocycles. The van der Waals surface area contributed by atoms with Gasteiger partial charge in [-0.3, -0.25) is 0 Å². The maximum Gasteiger partial charge on any atom is 0.373 e. The third-order valence-corrected chi connectivity index (χ3v) is 2.40. The van der Waals surface area contributed by atoms with Crippen LogP contribution in [0.4, 0.5) is 0 Å². The molecule has 0 aliphatic heterocycles. The molecular weight excluding hydrogens is 208 g/mol. The predicted molar refractivity (Wildman–Crippen MR) is 56.1 cm³/mol. The van der Waals surface area contributed by atoms with Crippen molar-refractivity contribution in [2.75, 3.05) is 7.11 Å². The van der Waals surface area contributed by atoms with Gasteiger partial charge in [0.25, 0.3) is 0 Å². The number of furan rings is 1. The van der Waals surface area contributed by atoms with E-state index < -0.39 is 5.97 Å². The highest BCUT2D eigenvalue weighted by molar-refractivity contribution is 5.86. The molecule has 0 bridgehead atoms. The zero-order valence-corrected chi connectivity index (χ0v) is 9.08. The molecule has 0 aliphatic carbocycles. The van der Waals surface area contributed by atoms with Crippen molar-refractivity contribution in [1.82, 2.24) is 9.55 Å². The summed E-state index contributed by atoms with van der Waals surface area (Å²) in [6.45, 7) is 1.96. The first-order chi connectivity index (χ1) is 7.72. The van der Waals surface area contributed by atoms with Crippen LogP contribution in [0, 0.1) is 0 Å². The van der Waals surface area contributed by atoms with Gasteiger partial charge < -0.3 is 13.7 Å². The van der Waals surface area contributed by atoms with Crippen LogP contribution in [0.2, 0.25) is 0 Å². The standard InChI is InChI=1S/C11H12N2O3/c1-8(13-6-5-12-7-13)9-3-4-10(16-9)11(14)15-2/h3-8H,1-2H3. The Balaban J connectivity index is 2.22. The summed E-state index contributed by atoms with van der Waals surface area (Å²) in [6.07, 6.45) is 5.23. The SMILES string of the molecule is COC(=O)c1ccc(C(C)n2ccnc2)o1. The van der Waals surface area contributed by atoms with Gasteiger partial charge in [0, 0.05) is 12.4 Å². The van der Waals surface area contributed by atoms with Crippen LogP contribution in [0.5, 0.6) is 0 Å². The van der Waals surface area contributed by atoms with Crippen molar-refractivity contribution >= 4 is 5.97 Å². The second kappa shape index (κ2) is 4.22. The van der Waals surface area contributed by atoms with Gasteiger partial charge in [-0.05, 0) is 19.1 Å². The molecule has 0 N–H and O–H groups in total. The third-order valence-electron chi connectivity index (χ3n) is 2.40. The molecule has 84 valence electrons. The Hall–Kier alpha value is -2.04. The molecule has 1 unspecified atom stereocenters. The Bertz CT molecular complexity index is 473. The molecule has 2 rings (SSSR count). The molecule has 0 saturated heterocycles. The first-order valence-corrected chi connectivity index (χ1v) is 4.88. The van der Waals surface area contributed by atoms with Gasteiger partial charge in [0.2, 0.25) is 5.76 Å². The van der Waals surface area contributed by atoms with Crippen LogP contribution in [-0.4, -0.2) is 22.6 Å². The summed E-state index contributed by atoms with van der Waals surface area (Å²) in [4.78, 5) is 15.2. The van der Waals surface area contributed by atoms with E-state index >= 15 is 0 Å². The van der Waals surface area contributed by atoms with Crippen LogP contribution in [0.25, 0.3) is 0 Å². The van der Waals surface area contributed by atoms with Crippen molar-refractivity contribution in [2.45, 2.75) is 13.0 Å². The Morgan fingerprint density at radius 1 is 1.56 bits per heavy atom. The number of carbonyl (C=O) groups is 1. The third kappa shape index (κ3) is 1.84. The van der Waals surface area contributed by atoms with E-state index in [-0.39, 0.29) is 11.8 Å². The lowest BCUT2D eigenvalue weighted by Gasteiger charge is -2.09. The van der Waals surface area contributed by atoms with E-state index in [0.717, 1.165) is 0 Å². The minimum absolute atomic E-state index is 0.000839. The summed E-state index contributed by atoms with van der Waals surface area (Å²) in [5.74, 6) is 0.437. The molecule has 0 amide bonds. The average Bonchev–Trinajstić information content (AvgIpc) is 2.97. The van der Waals surface area contributed by atoms with Crippen LogP contribution in [0.15, 0.2) is 35.3 Å². The number of esters is 1. The number of hydrogen-bond donors (Lipinski definition) is 0. The molecule has 2 aromatic heterocycles. The number of carbonyl (C=O) groups excluding carboxylic acids is 1. The maximum atomic E-state index is 11.2. The molecule has 5 heteroatoms. The van der Waals surface area contributed by atoms with Crippen LogP contribution in [0.1, 0.15) is 29.3 Å². The van der Waals surface area contributed by atoms with Gasteiger partial charge in [-0.1, -0.05) is 0 Å². The number of aromatic nitrogens is 2. The zero-order chi connectivity index (χ0) is 11.5. The summed E-state index contributed by atoms with van der Waals surface area (Å²) in [5, 5.41) is 0. The number of ether oxygens (including phenoxy) is 1. The minimum atomic E-state index is -0.468. The van der Waals surface area contributed by atoms with Crippen LogP contribution in [-0.2, 0) is 4.74 Å². The van der Waals surface area contributed by atoms with Crippen molar-refractivity contribution in [1.29, 1.82) is 0 Å². The minimum Gasteiger partial charge on any atom is -0.463 e. The van der Waals surface area contributed by atoms with E-state index in [1.165, 1.54) is 7.11 Å². The van der Waals surface area contributed by atoms with E-state index in [0.29, 0.717) is 5.76 Å². The summed E-state index contributed by atoms with van der Waals surface area (Å²) in [5.41, 5.74) is 0. The maximum absolute atomic E-state index is 11.2. The number of nitrogens with zero attached hydrogens (tertiary/aromatic N) is 2. The molecule has 0 fully saturated rings. The highest BCUT2D eigenvalue weighted by Crippen LogP contribution is 2.20. The fraction of sp³-hybridized carbons (Fsp3) is 0.273. The van der Waals surface area contributed by atoms with Crippen molar-refractivity contribution < 1.29 is 13.9 Å². The Kier molecular flexibility index (Phi) is 2.76. The quantitative estimate of drug-likeness (QED) is 0.741. The van der Waals surface area contributed by atoms with Gasteiger partial charge in [-0.25, -0.2) is 9.78 Å². The molecule has 1 atom stereocenters. The van der Waals surface area contributed by atoms with Crippen molar-refractivity contribution in [3.8, 4) is 0 Å². The zero-order valence-electron chi connectivity index (χ0n) is 9.08. The molecule has 2 heterocycles. The van der Waals surface area contributed by atoms with Crippen molar-refractivity contribution in [2.24, 2.45) is 0 Å². The van der Waals surface area contributed by atoms with Gasteiger partial charge in [-0.15, -0.1) is 0 Å². The first kappa shape index (κ1) is 10.5. The summed E-state index contributed by atoms with van der Waals surface area (Å²) < 4.78 is 11.9. The topological polar surface area (TPSA) is 57.3 Å². The van der Waals surface area contributed by atoms with Gasteiger partial charge in [-0.2, -0.15) is 0 Å². The monoisotopic (exact) mass is 220 g/mol. The molecule has 5 nitrogen and oxygen atoms in total. The fourth-order valence-corrected chi connectivity index (χ4v) is 1.43. The van der Waals surface area contributed by atoms with Crippen LogP contribution >= 0.6 is 0 Å². The summed E-state index contributed by atoms with van der Waals surface area (Å²) in [6, 6.07) is 3.37. The number of imidazole rings is 1. The largest absolute Gasteiger partial charge is 0.463 e. The van der Waals surface area contributed by atoms with Gasteiger partial charge in [0.15, 0.2) is 0 Å². The van der Waals surface area contributed by atoms with E-state index in [1.807, 2.05) is 17.7 Å². The summed E-state index contributed by atoms with van der Waals surface area (Å²) in [7, 11) is 1.32. The Labute approximate surface area is 92.7 Å². The molecule has 0 aliphatic rings. The molecular formula is C11H12N2O3. The number of hydrogen-bond acceptors (Lipinski definition) is 4. The first-order valence-electron chi connectivity index (χ1n) is 4.88. The lowest BCUT2D eigenvalue weighted by atomic mass is 10.2. The number of rotatable bonds is 3. The highest BCUT2D eigenvalue weighted by Gasteiger charge is 2.15. The van der Waals surface area contributed by atoms with Crippen molar-refractivity contribution in [3.05, 3.63) is 42.4 Å². The van der Waals surface area contributed by atoms with E-state index in [9.17, 15) is 4.79 Å². The molecule has 0 aromatic carbocycles. The molecule has 16 heavy (non-hydrogen) atoms. The number of methoxy groups -OCH3 is 1. The molecule has 0 spiro atoms. The fourth-order valence-electron chi connectivity index (χ4n) is 1.43. The van der Waals surface area contributed by atoms with Gasteiger partial charge >= 0.3 is 5.97 Å². The highest BCUT2D eigenvalue weighted by atomic mass is 16.5. The lowest BCUT2D eigenvalue weighted by Crippen LogP contribution is -2.03. The van der Waals surface area contributed by atoms with E-state index in [4.69, 9.17) is 4.42 Å². The second-order valence-electron chi connectivity index (χ2n) is 3.38. The predicted octanol–water partition coefficient (Wildman–Crippen LogP) is 1.87. The van der Waals surface area contributed by atoms with Crippen molar-refractivity contribution in [3.63, 3.8) is 0 Å². The summed E-state index contributed by atoms with van der Waals surface area (Å²) >= 11 is 0. The van der Waals surface area contributed by atoms with Gasteiger partial charge in [0.1, 0.15) is 5.76 Å². The smallest absolute Gasteiger partial charge is 0.373 e. The van der Waals surface area contributed by atoms with Crippen LogP contribution < -0.4 is 0 Å². The Morgan fingerprint density at radius 2 is 2.38 bits per heavy atom.